The van der Waals surface area contributed by atoms with Crippen molar-refractivity contribution in [1.82, 2.24) is 0 Å². The van der Waals surface area contributed by atoms with Gasteiger partial charge in [-0.3, -0.25) is 19.7 Å². The van der Waals surface area contributed by atoms with Gasteiger partial charge >= 0.3 is 5.97 Å². The lowest BCUT2D eigenvalue weighted by molar-refractivity contribution is -0.385. The molecule has 0 aliphatic rings. The van der Waals surface area contributed by atoms with Crippen molar-refractivity contribution >= 4 is 39.8 Å². The third-order valence-corrected chi connectivity index (χ3v) is 4.29. The Bertz CT molecular complexity index is 892. The molecule has 0 aliphatic carbocycles. The number of aryl methyl sites for hydroxylation is 1. The third kappa shape index (κ3) is 4.22. The molecule has 0 radical (unpaired) electrons. The van der Waals surface area contributed by atoms with Crippen molar-refractivity contribution in [1.29, 1.82) is 0 Å². The van der Waals surface area contributed by atoms with Gasteiger partial charge in [0.05, 0.1) is 16.1 Å². The van der Waals surface area contributed by atoms with Crippen molar-refractivity contribution in [3.8, 4) is 0 Å². The summed E-state index contributed by atoms with van der Waals surface area (Å²) in [6.45, 7) is 2.88. The van der Waals surface area contributed by atoms with Gasteiger partial charge in [0.2, 0.25) is 0 Å². The van der Waals surface area contributed by atoms with Crippen LogP contribution in [-0.4, -0.2) is 28.8 Å². The first kappa shape index (κ1) is 19.1. The van der Waals surface area contributed by atoms with Crippen molar-refractivity contribution < 1.29 is 24.0 Å². The summed E-state index contributed by atoms with van der Waals surface area (Å²) >= 11 is 1.10. The molecule has 1 unspecified atom stereocenters. The highest BCUT2D eigenvalue weighted by atomic mass is 32.1. The summed E-state index contributed by atoms with van der Waals surface area (Å²) in [6, 6.07) is 5.35. The lowest BCUT2D eigenvalue weighted by Gasteiger charge is -2.13. The summed E-state index contributed by atoms with van der Waals surface area (Å²) < 4.78 is 5.04. The van der Waals surface area contributed by atoms with E-state index in [1.807, 2.05) is 0 Å². The molecule has 0 saturated heterocycles. The van der Waals surface area contributed by atoms with Gasteiger partial charge < -0.3 is 15.8 Å². The first-order valence-electron chi connectivity index (χ1n) is 7.35. The van der Waals surface area contributed by atoms with Crippen molar-refractivity contribution in [2.24, 2.45) is 5.73 Å². The molecule has 3 N–H and O–H groups in total. The number of nitro benzene ring substituents is 1. The number of hydrogen-bond acceptors (Lipinski definition) is 7. The maximum atomic E-state index is 12.1. The van der Waals surface area contributed by atoms with Crippen LogP contribution in [0.1, 0.15) is 33.2 Å². The Morgan fingerprint density at radius 3 is 2.62 bits per heavy atom. The summed E-state index contributed by atoms with van der Waals surface area (Å²) in [5.74, 6) is -2.24. The van der Waals surface area contributed by atoms with Crippen LogP contribution < -0.4 is 11.1 Å². The molecule has 1 heterocycles. The van der Waals surface area contributed by atoms with Crippen molar-refractivity contribution in [3.05, 3.63) is 56.5 Å². The number of rotatable bonds is 6. The van der Waals surface area contributed by atoms with E-state index >= 15 is 0 Å². The van der Waals surface area contributed by atoms with Crippen molar-refractivity contribution in [2.45, 2.75) is 20.0 Å². The molecule has 0 aliphatic heterocycles. The number of ether oxygens (including phenoxy) is 1. The molecule has 0 saturated carbocycles. The Hall–Kier alpha value is -3.27. The van der Waals surface area contributed by atoms with Gasteiger partial charge in [-0.05, 0) is 31.4 Å². The highest BCUT2D eigenvalue weighted by Crippen LogP contribution is 2.23. The minimum absolute atomic E-state index is 0.0455. The summed E-state index contributed by atoms with van der Waals surface area (Å²) in [7, 11) is 0. The maximum Gasteiger partial charge on any atom is 0.339 e. The van der Waals surface area contributed by atoms with Crippen LogP contribution in [-0.2, 0) is 9.53 Å². The summed E-state index contributed by atoms with van der Waals surface area (Å²) in [4.78, 5) is 45.9. The van der Waals surface area contributed by atoms with E-state index in [0.29, 0.717) is 5.56 Å². The molecule has 2 amide bonds. The average molecular weight is 377 g/mol. The second-order valence-electron chi connectivity index (χ2n) is 5.32. The van der Waals surface area contributed by atoms with Crippen LogP contribution >= 0.6 is 11.3 Å². The molecule has 136 valence electrons. The highest BCUT2D eigenvalue weighted by molar-refractivity contribution is 7.14. The van der Waals surface area contributed by atoms with E-state index in [1.54, 1.807) is 12.3 Å². The number of carbonyl (C=O) groups is 3. The minimum Gasteiger partial charge on any atom is -0.449 e. The molecule has 2 rings (SSSR count). The Labute approximate surface area is 151 Å². The standard InChI is InChI=1S/C16H15N3O6S/c1-8-3-4-10(7-12(8)19(23)24)16(22)25-9(2)14(21)18-15-11(13(17)20)5-6-26-15/h3-7,9H,1-2H3,(H2,17,20)(H,18,21). The van der Waals surface area contributed by atoms with E-state index in [9.17, 15) is 24.5 Å². The maximum absolute atomic E-state index is 12.1. The number of primary amides is 1. The molecule has 1 aromatic carbocycles. The molecule has 2 aromatic rings. The number of esters is 1. The molecule has 1 atom stereocenters. The quantitative estimate of drug-likeness (QED) is 0.449. The molecule has 0 spiro atoms. The number of nitrogens with zero attached hydrogens (tertiary/aromatic N) is 1. The number of amides is 2. The Morgan fingerprint density at radius 2 is 2.00 bits per heavy atom. The Kier molecular flexibility index (Phi) is 5.68. The van der Waals surface area contributed by atoms with E-state index in [4.69, 9.17) is 10.5 Å². The number of nitrogens with two attached hydrogens (primary N) is 1. The van der Waals surface area contributed by atoms with E-state index in [1.165, 1.54) is 25.1 Å². The minimum atomic E-state index is -1.19. The smallest absolute Gasteiger partial charge is 0.339 e. The predicted molar refractivity (Wildman–Crippen MR) is 94.2 cm³/mol. The average Bonchev–Trinajstić information content (AvgIpc) is 3.03. The van der Waals surface area contributed by atoms with Crippen LogP contribution in [0.15, 0.2) is 29.6 Å². The zero-order valence-corrected chi connectivity index (χ0v) is 14.7. The number of anilines is 1. The lowest BCUT2D eigenvalue weighted by atomic mass is 10.1. The predicted octanol–water partition coefficient (Wildman–Crippen LogP) is 2.25. The van der Waals surface area contributed by atoms with E-state index in [0.717, 1.165) is 17.4 Å². The molecule has 10 heteroatoms. The second kappa shape index (κ2) is 7.74. The second-order valence-corrected chi connectivity index (χ2v) is 6.24. The molecule has 26 heavy (non-hydrogen) atoms. The fraction of sp³-hybridized carbons (Fsp3) is 0.188. The molecular formula is C16H15N3O6S. The van der Waals surface area contributed by atoms with Crippen molar-refractivity contribution in [2.75, 3.05) is 5.32 Å². The fourth-order valence-corrected chi connectivity index (χ4v) is 2.82. The first-order chi connectivity index (χ1) is 12.2. The fourth-order valence-electron chi connectivity index (χ4n) is 2.03. The molecule has 0 bridgehead atoms. The molecular weight excluding hydrogens is 362 g/mol. The number of hydrogen-bond donors (Lipinski definition) is 2. The zero-order valence-electron chi connectivity index (χ0n) is 13.8. The van der Waals surface area contributed by atoms with Crippen LogP contribution in [0.5, 0.6) is 0 Å². The Morgan fingerprint density at radius 1 is 1.31 bits per heavy atom. The topological polar surface area (TPSA) is 142 Å². The number of benzene rings is 1. The van der Waals surface area contributed by atoms with Crippen LogP contribution in [0.3, 0.4) is 0 Å². The highest BCUT2D eigenvalue weighted by Gasteiger charge is 2.23. The largest absolute Gasteiger partial charge is 0.449 e. The van der Waals surface area contributed by atoms with Crippen LogP contribution in [0.4, 0.5) is 10.7 Å². The van der Waals surface area contributed by atoms with Gasteiger partial charge in [-0.2, -0.15) is 0 Å². The summed E-state index contributed by atoms with van der Waals surface area (Å²) in [6.07, 6.45) is -1.19. The van der Waals surface area contributed by atoms with E-state index in [2.05, 4.69) is 5.32 Å². The van der Waals surface area contributed by atoms with Gasteiger partial charge in [-0.25, -0.2) is 4.79 Å². The number of nitrogens with one attached hydrogen (secondary N) is 1. The van der Waals surface area contributed by atoms with Crippen LogP contribution in [0.2, 0.25) is 0 Å². The van der Waals surface area contributed by atoms with E-state index in [-0.39, 0.29) is 21.8 Å². The lowest BCUT2D eigenvalue weighted by Crippen LogP contribution is -2.30. The van der Waals surface area contributed by atoms with Gasteiger partial charge in [0.15, 0.2) is 6.10 Å². The van der Waals surface area contributed by atoms with Crippen LogP contribution in [0, 0.1) is 17.0 Å². The SMILES string of the molecule is Cc1ccc(C(=O)OC(C)C(=O)Nc2sccc2C(N)=O)cc1[N+](=O)[O-]. The number of nitro groups is 1. The first-order valence-corrected chi connectivity index (χ1v) is 8.23. The Balaban J connectivity index is 2.08. The summed E-state index contributed by atoms with van der Waals surface area (Å²) in [5.41, 5.74) is 5.47. The number of carbonyl (C=O) groups excluding carboxylic acids is 3. The molecule has 1 aromatic heterocycles. The van der Waals surface area contributed by atoms with E-state index < -0.39 is 28.8 Å². The monoisotopic (exact) mass is 377 g/mol. The van der Waals surface area contributed by atoms with Crippen LogP contribution in [0.25, 0.3) is 0 Å². The van der Waals surface area contributed by atoms with Gasteiger partial charge in [-0.15, -0.1) is 11.3 Å². The zero-order chi connectivity index (χ0) is 19.4. The summed E-state index contributed by atoms with van der Waals surface area (Å²) in [5, 5.41) is 15.2. The van der Waals surface area contributed by atoms with Gasteiger partial charge in [0.25, 0.3) is 17.5 Å². The van der Waals surface area contributed by atoms with Crippen molar-refractivity contribution in [3.63, 3.8) is 0 Å². The third-order valence-electron chi connectivity index (χ3n) is 3.46. The van der Waals surface area contributed by atoms with Gasteiger partial charge in [0, 0.05) is 11.6 Å². The molecule has 0 fully saturated rings. The normalized spacial score (nSPS) is 11.5. The van der Waals surface area contributed by atoms with Gasteiger partial charge in [-0.1, -0.05) is 6.07 Å². The van der Waals surface area contributed by atoms with Gasteiger partial charge in [0.1, 0.15) is 5.00 Å². The number of thiophene rings is 1. The molecule has 9 nitrogen and oxygen atoms in total.